The smallest absolute Gasteiger partial charge is 0.255 e. The number of nitrogens with two attached hydrogens (primary N) is 1. The zero-order valence-corrected chi connectivity index (χ0v) is 18.5. The molecule has 0 saturated carbocycles. The number of aromatic hydroxyl groups is 2. The second kappa shape index (κ2) is 9.25. The number of phenolic OH excluding ortho intramolecular Hbond substituents is 2. The number of nitrogens with one attached hydrogen (secondary N) is 1. The molecule has 4 atom stereocenters. The summed E-state index contributed by atoms with van der Waals surface area (Å²) in [7, 11) is 0. The van der Waals surface area contributed by atoms with Crippen LogP contribution < -0.4 is 11.1 Å². The minimum atomic E-state index is -1.27. The Morgan fingerprint density at radius 2 is 2.00 bits per heavy atom. The van der Waals surface area contributed by atoms with E-state index in [1.165, 1.54) is 35.4 Å². The van der Waals surface area contributed by atoms with Crippen LogP contribution in [0.3, 0.4) is 0 Å². The van der Waals surface area contributed by atoms with Crippen LogP contribution in [-0.2, 0) is 4.74 Å². The van der Waals surface area contributed by atoms with Gasteiger partial charge in [-0.25, -0.2) is 15.0 Å². The van der Waals surface area contributed by atoms with Gasteiger partial charge in [0.25, 0.3) is 5.91 Å². The number of hydrogen-bond acceptors (Lipinski definition) is 10. The molecule has 1 amide bonds. The quantitative estimate of drug-likeness (QED) is 0.219. The highest BCUT2D eigenvalue weighted by Crippen LogP contribution is 2.34. The van der Waals surface area contributed by atoms with Crippen molar-refractivity contribution in [3.8, 4) is 11.5 Å². The van der Waals surface area contributed by atoms with Gasteiger partial charge in [-0.05, 0) is 23.6 Å². The van der Waals surface area contributed by atoms with Gasteiger partial charge in [-0.15, -0.1) is 0 Å². The lowest BCUT2D eigenvalue weighted by molar-refractivity contribution is -0.0245. The van der Waals surface area contributed by atoms with E-state index in [1.807, 2.05) is 13.8 Å². The molecule has 34 heavy (non-hydrogen) atoms. The van der Waals surface area contributed by atoms with Crippen molar-refractivity contribution in [2.45, 2.75) is 44.3 Å². The van der Waals surface area contributed by atoms with Crippen molar-refractivity contribution < 1.29 is 30.0 Å². The van der Waals surface area contributed by atoms with E-state index in [4.69, 9.17) is 10.5 Å². The summed E-state index contributed by atoms with van der Waals surface area (Å²) in [4.78, 5) is 24.6. The number of hydrogen-bond donors (Lipinski definition) is 6. The number of amides is 1. The van der Waals surface area contributed by atoms with Crippen LogP contribution in [0.1, 0.15) is 41.9 Å². The first-order valence-corrected chi connectivity index (χ1v) is 10.6. The Kier molecular flexibility index (Phi) is 6.37. The third kappa shape index (κ3) is 4.25. The first-order chi connectivity index (χ1) is 16.2. The number of benzene rings is 1. The number of rotatable bonds is 6. The maximum atomic E-state index is 12.5. The van der Waals surface area contributed by atoms with Gasteiger partial charge in [-0.2, -0.15) is 0 Å². The van der Waals surface area contributed by atoms with Gasteiger partial charge < -0.3 is 36.2 Å². The topological polar surface area (TPSA) is 189 Å². The Morgan fingerprint density at radius 1 is 1.24 bits per heavy atom. The van der Waals surface area contributed by atoms with Crippen LogP contribution in [0.4, 0.5) is 5.82 Å². The number of aliphatic hydroxyl groups is 2. The van der Waals surface area contributed by atoms with Crippen LogP contribution >= 0.6 is 0 Å². The Hall–Kier alpha value is -3.74. The van der Waals surface area contributed by atoms with Crippen molar-refractivity contribution in [1.82, 2.24) is 24.8 Å². The first-order valence-electron chi connectivity index (χ1n) is 10.6. The third-order valence-corrected chi connectivity index (χ3v) is 5.67. The van der Waals surface area contributed by atoms with E-state index in [2.05, 4.69) is 20.3 Å². The lowest BCUT2D eigenvalue weighted by Gasteiger charge is -2.16. The molecule has 1 aromatic carbocycles. The normalized spacial score (nSPS) is 22.7. The number of aliphatic hydroxyl groups excluding tert-OH is 2. The van der Waals surface area contributed by atoms with Crippen molar-refractivity contribution in [3.05, 3.63) is 48.1 Å². The summed E-state index contributed by atoms with van der Waals surface area (Å²) in [5.74, 6) is -1.21. The van der Waals surface area contributed by atoms with Gasteiger partial charge in [0.15, 0.2) is 29.2 Å². The summed E-state index contributed by atoms with van der Waals surface area (Å²) in [5, 5.41) is 43.5. The lowest BCUT2D eigenvalue weighted by atomic mass is 9.99. The monoisotopic (exact) mass is 470 g/mol. The standard InChI is InChI=1S/C22H26N6O6/c1-10(2)11-6-12(16(30)13(29)7-11)21(33)24-5-3-4-14-17(31)18(32)22(34-14)28-9-27-15-19(23)25-8-26-20(15)28/h3-4,6-10,14,17-18,22,29-32H,5H2,1-2H3,(H,24,33)(H2,23,25,26)/b4-3+/t14-,17+,18+,22-/m1/s1. The van der Waals surface area contributed by atoms with Crippen LogP contribution in [0.25, 0.3) is 11.2 Å². The predicted molar refractivity (Wildman–Crippen MR) is 121 cm³/mol. The molecule has 0 spiro atoms. The molecule has 1 aliphatic rings. The van der Waals surface area contributed by atoms with Gasteiger partial charge in [0, 0.05) is 6.54 Å². The van der Waals surface area contributed by atoms with Crippen LogP contribution in [0, 0.1) is 0 Å². The van der Waals surface area contributed by atoms with E-state index >= 15 is 0 Å². The number of phenols is 2. The number of ether oxygens (including phenoxy) is 1. The summed E-state index contributed by atoms with van der Waals surface area (Å²) in [6.45, 7) is 3.86. The van der Waals surface area contributed by atoms with Gasteiger partial charge in [-0.3, -0.25) is 9.36 Å². The number of fused-ring (bicyclic) bond motifs is 1. The van der Waals surface area contributed by atoms with E-state index in [1.54, 1.807) is 6.08 Å². The van der Waals surface area contributed by atoms with E-state index in [9.17, 15) is 25.2 Å². The van der Waals surface area contributed by atoms with Crippen molar-refractivity contribution in [2.24, 2.45) is 0 Å². The maximum Gasteiger partial charge on any atom is 0.255 e. The fraction of sp³-hybridized carbons (Fsp3) is 0.364. The zero-order valence-electron chi connectivity index (χ0n) is 18.5. The molecular formula is C22H26N6O6. The number of aromatic nitrogens is 4. The van der Waals surface area contributed by atoms with Gasteiger partial charge in [0.2, 0.25) is 0 Å². The largest absolute Gasteiger partial charge is 0.504 e. The molecule has 1 aliphatic heterocycles. The Morgan fingerprint density at radius 3 is 2.74 bits per heavy atom. The number of carbonyl (C=O) groups excluding carboxylic acids is 1. The number of nitrogens with zero attached hydrogens (tertiary/aromatic N) is 4. The van der Waals surface area contributed by atoms with Crippen molar-refractivity contribution in [2.75, 3.05) is 12.3 Å². The lowest BCUT2D eigenvalue weighted by Crippen LogP contribution is -2.31. The Bertz CT molecular complexity index is 1240. The highest BCUT2D eigenvalue weighted by molar-refractivity contribution is 5.98. The molecule has 2 aromatic heterocycles. The molecule has 0 bridgehead atoms. The molecular weight excluding hydrogens is 444 g/mol. The summed E-state index contributed by atoms with van der Waals surface area (Å²) in [6, 6.07) is 2.94. The van der Waals surface area contributed by atoms with E-state index < -0.39 is 36.2 Å². The molecule has 7 N–H and O–H groups in total. The number of carbonyl (C=O) groups is 1. The van der Waals surface area contributed by atoms with Gasteiger partial charge in [0.1, 0.15) is 30.2 Å². The SMILES string of the molecule is CC(C)c1cc(O)c(O)c(C(=O)NC/C=C/[C@H]2O[C@@H](n3cnc4c(N)ncnc43)[C@@H](O)[C@H]2O)c1. The molecule has 12 nitrogen and oxygen atoms in total. The van der Waals surface area contributed by atoms with Gasteiger partial charge >= 0.3 is 0 Å². The zero-order chi connectivity index (χ0) is 24.6. The van der Waals surface area contributed by atoms with E-state index in [0.717, 1.165) is 0 Å². The summed E-state index contributed by atoms with van der Waals surface area (Å²) in [6.07, 6.45) is 1.40. The molecule has 1 fully saturated rings. The fourth-order valence-electron chi connectivity index (χ4n) is 3.73. The van der Waals surface area contributed by atoms with Crippen LogP contribution in [0.2, 0.25) is 0 Å². The van der Waals surface area contributed by atoms with E-state index in [0.29, 0.717) is 16.7 Å². The number of imidazole rings is 1. The Balaban J connectivity index is 1.42. The number of anilines is 1. The predicted octanol–water partition coefficient (Wildman–Crippen LogP) is 0.548. The highest BCUT2D eigenvalue weighted by Gasteiger charge is 2.43. The molecule has 0 aliphatic carbocycles. The molecule has 12 heteroatoms. The minimum Gasteiger partial charge on any atom is -0.504 e. The Labute approximate surface area is 194 Å². The molecule has 3 heterocycles. The molecule has 4 rings (SSSR count). The minimum absolute atomic E-state index is 0.0435. The third-order valence-electron chi connectivity index (χ3n) is 5.67. The molecule has 0 unspecified atom stereocenters. The van der Waals surface area contributed by atoms with Gasteiger partial charge in [0.05, 0.1) is 11.9 Å². The molecule has 0 radical (unpaired) electrons. The molecule has 1 saturated heterocycles. The average Bonchev–Trinajstić information content (AvgIpc) is 3.35. The molecule has 180 valence electrons. The van der Waals surface area contributed by atoms with Crippen molar-refractivity contribution in [1.29, 1.82) is 0 Å². The van der Waals surface area contributed by atoms with Crippen LogP contribution in [0.15, 0.2) is 36.9 Å². The van der Waals surface area contributed by atoms with Crippen LogP contribution in [0.5, 0.6) is 11.5 Å². The van der Waals surface area contributed by atoms with E-state index in [-0.39, 0.29) is 29.6 Å². The molecule has 3 aromatic rings. The summed E-state index contributed by atoms with van der Waals surface area (Å²) >= 11 is 0. The number of nitrogen functional groups attached to an aromatic ring is 1. The highest BCUT2D eigenvalue weighted by atomic mass is 16.6. The summed E-state index contributed by atoms with van der Waals surface area (Å²) < 4.78 is 7.26. The van der Waals surface area contributed by atoms with Crippen molar-refractivity contribution in [3.63, 3.8) is 0 Å². The first kappa shape index (κ1) is 23.4. The van der Waals surface area contributed by atoms with Crippen molar-refractivity contribution >= 4 is 22.9 Å². The second-order valence-electron chi connectivity index (χ2n) is 8.28. The fourth-order valence-corrected chi connectivity index (χ4v) is 3.73. The second-order valence-corrected chi connectivity index (χ2v) is 8.28. The van der Waals surface area contributed by atoms with Gasteiger partial charge in [-0.1, -0.05) is 26.0 Å². The summed E-state index contributed by atoms with van der Waals surface area (Å²) in [5.41, 5.74) is 7.16. The average molecular weight is 470 g/mol. The maximum absolute atomic E-state index is 12.5. The van der Waals surface area contributed by atoms with Crippen LogP contribution in [-0.4, -0.2) is 70.7 Å².